The minimum Gasteiger partial charge on any atom is -0.444 e. The van der Waals surface area contributed by atoms with Crippen LogP contribution in [0.15, 0.2) is 0 Å². The molecule has 19 heavy (non-hydrogen) atoms. The molecule has 3 unspecified atom stereocenters. The van der Waals surface area contributed by atoms with Gasteiger partial charge in [0.2, 0.25) is 0 Å². The van der Waals surface area contributed by atoms with Crippen LogP contribution in [0.3, 0.4) is 0 Å². The summed E-state index contributed by atoms with van der Waals surface area (Å²) in [6, 6.07) is 0.594. The average molecular weight is 270 g/mol. The van der Waals surface area contributed by atoms with E-state index >= 15 is 0 Å². The Kier molecular flexibility index (Phi) is 6.11. The van der Waals surface area contributed by atoms with Crippen LogP contribution in [0.2, 0.25) is 0 Å². The number of alkyl carbamates (subject to hydrolysis) is 1. The zero-order valence-corrected chi connectivity index (χ0v) is 13.1. The van der Waals surface area contributed by atoms with Crippen molar-refractivity contribution in [1.82, 2.24) is 10.6 Å². The lowest BCUT2D eigenvalue weighted by molar-refractivity contribution is 0.0527. The molecule has 0 aromatic rings. The van der Waals surface area contributed by atoms with Crippen LogP contribution in [-0.4, -0.2) is 30.8 Å². The van der Waals surface area contributed by atoms with Crippen LogP contribution >= 0.6 is 0 Å². The zero-order chi connectivity index (χ0) is 14.5. The van der Waals surface area contributed by atoms with Gasteiger partial charge >= 0.3 is 6.09 Å². The molecule has 0 heterocycles. The van der Waals surface area contributed by atoms with Crippen molar-refractivity contribution in [3.63, 3.8) is 0 Å². The molecule has 1 rings (SSSR count). The fraction of sp³-hybridized carbons (Fsp3) is 0.933. The van der Waals surface area contributed by atoms with E-state index in [1.54, 1.807) is 0 Å². The number of carbonyl (C=O) groups excluding carboxylic acids is 1. The third-order valence-electron chi connectivity index (χ3n) is 3.63. The van der Waals surface area contributed by atoms with Gasteiger partial charge in [-0.2, -0.15) is 0 Å². The summed E-state index contributed by atoms with van der Waals surface area (Å²) in [7, 11) is 0. The first-order chi connectivity index (χ1) is 8.78. The van der Waals surface area contributed by atoms with Gasteiger partial charge in [0, 0.05) is 19.1 Å². The summed E-state index contributed by atoms with van der Waals surface area (Å²) in [6.45, 7) is 11.7. The maximum atomic E-state index is 11.5. The first kappa shape index (κ1) is 16.3. The van der Waals surface area contributed by atoms with Gasteiger partial charge in [-0.05, 0) is 51.9 Å². The van der Waals surface area contributed by atoms with Crippen molar-refractivity contribution in [2.24, 2.45) is 11.8 Å². The van der Waals surface area contributed by atoms with Crippen LogP contribution in [0.5, 0.6) is 0 Å². The van der Waals surface area contributed by atoms with Gasteiger partial charge in [0.15, 0.2) is 0 Å². The van der Waals surface area contributed by atoms with Crippen LogP contribution in [0.25, 0.3) is 0 Å². The van der Waals surface area contributed by atoms with E-state index in [2.05, 4.69) is 24.5 Å². The summed E-state index contributed by atoms with van der Waals surface area (Å²) in [5.41, 5.74) is -0.425. The molecule has 2 N–H and O–H groups in total. The summed E-state index contributed by atoms with van der Waals surface area (Å²) in [4.78, 5) is 11.5. The Morgan fingerprint density at radius 3 is 2.47 bits per heavy atom. The molecule has 0 spiro atoms. The van der Waals surface area contributed by atoms with Gasteiger partial charge < -0.3 is 15.4 Å². The Labute approximate surface area is 117 Å². The lowest BCUT2D eigenvalue weighted by Crippen LogP contribution is -2.43. The molecule has 1 saturated carbocycles. The van der Waals surface area contributed by atoms with Crippen molar-refractivity contribution >= 4 is 6.09 Å². The zero-order valence-electron chi connectivity index (χ0n) is 13.1. The second-order valence-electron chi connectivity index (χ2n) is 6.88. The molecule has 1 fully saturated rings. The highest BCUT2D eigenvalue weighted by molar-refractivity contribution is 5.67. The van der Waals surface area contributed by atoms with E-state index in [1.165, 1.54) is 19.3 Å². The number of amides is 1. The predicted octanol–water partition coefficient (Wildman–Crippen LogP) is 2.93. The van der Waals surface area contributed by atoms with E-state index in [1.807, 2.05) is 20.8 Å². The molecule has 4 nitrogen and oxygen atoms in total. The highest BCUT2D eigenvalue weighted by Gasteiger charge is 2.24. The smallest absolute Gasteiger partial charge is 0.407 e. The Morgan fingerprint density at radius 1 is 1.21 bits per heavy atom. The summed E-state index contributed by atoms with van der Waals surface area (Å²) >= 11 is 0. The molecule has 0 aromatic heterocycles. The van der Waals surface area contributed by atoms with Crippen molar-refractivity contribution in [2.75, 3.05) is 13.1 Å². The summed E-state index contributed by atoms with van der Waals surface area (Å²) < 4.78 is 5.19. The number of nitrogens with one attached hydrogen (secondary N) is 2. The molecule has 1 aliphatic rings. The fourth-order valence-electron chi connectivity index (χ4n) is 2.70. The largest absolute Gasteiger partial charge is 0.444 e. The highest BCUT2D eigenvalue weighted by Crippen LogP contribution is 2.28. The maximum absolute atomic E-state index is 11.5. The topological polar surface area (TPSA) is 50.4 Å². The van der Waals surface area contributed by atoms with Gasteiger partial charge in [-0.25, -0.2) is 4.79 Å². The Balaban J connectivity index is 2.12. The minimum absolute atomic E-state index is 0.334. The normalized spacial score (nSPS) is 27.9. The van der Waals surface area contributed by atoms with Crippen molar-refractivity contribution in [1.29, 1.82) is 0 Å². The van der Waals surface area contributed by atoms with Gasteiger partial charge in [0.1, 0.15) is 5.60 Å². The lowest BCUT2D eigenvalue weighted by Gasteiger charge is -2.33. The van der Waals surface area contributed by atoms with Crippen LogP contribution in [0, 0.1) is 11.8 Å². The molecule has 1 aliphatic carbocycles. The highest BCUT2D eigenvalue weighted by atomic mass is 16.6. The van der Waals surface area contributed by atoms with Crippen molar-refractivity contribution in [2.45, 2.75) is 65.5 Å². The van der Waals surface area contributed by atoms with Crippen molar-refractivity contribution in [3.8, 4) is 0 Å². The van der Waals surface area contributed by atoms with Gasteiger partial charge in [-0.15, -0.1) is 0 Å². The Morgan fingerprint density at radius 2 is 1.89 bits per heavy atom. The first-order valence-corrected chi connectivity index (χ1v) is 7.48. The second-order valence-corrected chi connectivity index (χ2v) is 6.88. The van der Waals surface area contributed by atoms with Crippen LogP contribution in [0.1, 0.15) is 53.9 Å². The molecule has 3 atom stereocenters. The number of hydrogen-bond donors (Lipinski definition) is 2. The molecule has 4 heteroatoms. The monoisotopic (exact) mass is 270 g/mol. The van der Waals surface area contributed by atoms with E-state index < -0.39 is 5.60 Å². The fourth-order valence-corrected chi connectivity index (χ4v) is 2.70. The van der Waals surface area contributed by atoms with E-state index in [9.17, 15) is 4.79 Å². The van der Waals surface area contributed by atoms with E-state index in [0.717, 1.165) is 18.4 Å². The molecule has 0 saturated heterocycles. The maximum Gasteiger partial charge on any atom is 0.407 e. The summed E-state index contributed by atoms with van der Waals surface area (Å²) in [6.07, 6.45) is 3.52. The van der Waals surface area contributed by atoms with Crippen LogP contribution < -0.4 is 10.6 Å². The first-order valence-electron chi connectivity index (χ1n) is 7.48. The molecular formula is C15H30N2O2. The predicted molar refractivity (Wildman–Crippen MR) is 78.2 cm³/mol. The van der Waals surface area contributed by atoms with E-state index in [0.29, 0.717) is 12.6 Å². The number of hydrogen-bond acceptors (Lipinski definition) is 3. The average Bonchev–Trinajstić information content (AvgIpc) is 2.24. The van der Waals surface area contributed by atoms with Crippen LogP contribution in [0.4, 0.5) is 4.79 Å². The standard InChI is InChI=1S/C15H30N2O2/c1-11-6-7-13(12(2)10-11)16-8-9-17-14(18)19-15(3,4)5/h11-13,16H,6-10H2,1-5H3,(H,17,18). The second kappa shape index (κ2) is 7.13. The van der Waals surface area contributed by atoms with Gasteiger partial charge in [-0.3, -0.25) is 0 Å². The molecule has 112 valence electrons. The minimum atomic E-state index is -0.425. The molecule has 0 radical (unpaired) electrons. The van der Waals surface area contributed by atoms with Crippen LogP contribution in [-0.2, 0) is 4.74 Å². The molecule has 0 aliphatic heterocycles. The van der Waals surface area contributed by atoms with Crippen molar-refractivity contribution in [3.05, 3.63) is 0 Å². The molecule has 0 bridgehead atoms. The molecule has 0 aromatic carbocycles. The quantitative estimate of drug-likeness (QED) is 0.772. The summed E-state index contributed by atoms with van der Waals surface area (Å²) in [5.74, 6) is 1.58. The van der Waals surface area contributed by atoms with Crippen molar-refractivity contribution < 1.29 is 9.53 Å². The van der Waals surface area contributed by atoms with E-state index in [4.69, 9.17) is 4.74 Å². The number of rotatable bonds is 4. The third-order valence-corrected chi connectivity index (χ3v) is 3.63. The number of ether oxygens (including phenoxy) is 1. The van der Waals surface area contributed by atoms with Gasteiger partial charge in [0.25, 0.3) is 0 Å². The Hall–Kier alpha value is -0.770. The molecule has 1 amide bonds. The third kappa shape index (κ3) is 6.81. The molecular weight excluding hydrogens is 240 g/mol. The number of carbonyl (C=O) groups is 1. The van der Waals surface area contributed by atoms with Gasteiger partial charge in [0.05, 0.1) is 0 Å². The Bertz CT molecular complexity index is 286. The summed E-state index contributed by atoms with van der Waals surface area (Å²) in [5, 5.41) is 6.32. The SMILES string of the molecule is CC1CCC(NCCNC(=O)OC(C)(C)C)C(C)C1. The lowest BCUT2D eigenvalue weighted by atomic mass is 9.80. The van der Waals surface area contributed by atoms with Gasteiger partial charge in [-0.1, -0.05) is 13.8 Å². The van der Waals surface area contributed by atoms with E-state index in [-0.39, 0.29) is 6.09 Å².